The van der Waals surface area contributed by atoms with Crippen LogP contribution < -0.4 is 0 Å². The van der Waals surface area contributed by atoms with Gasteiger partial charge >= 0.3 is 12.1 Å². The third-order valence-corrected chi connectivity index (χ3v) is 6.33. The molecule has 0 fully saturated rings. The van der Waals surface area contributed by atoms with Gasteiger partial charge in [0.25, 0.3) is 0 Å². The van der Waals surface area contributed by atoms with E-state index >= 15 is 0 Å². The normalized spacial score (nSPS) is 12.6. The first-order valence-electron chi connectivity index (χ1n) is 9.06. The van der Waals surface area contributed by atoms with Crippen LogP contribution in [0.4, 0.5) is 13.2 Å². The van der Waals surface area contributed by atoms with E-state index in [1.807, 2.05) is 0 Å². The topological polar surface area (TPSA) is 76.4 Å². The van der Waals surface area contributed by atoms with Gasteiger partial charge in [0.2, 0.25) is 10.0 Å². The summed E-state index contributed by atoms with van der Waals surface area (Å²) in [4.78, 5) is 11.0. The number of carbonyl (C=O) groups is 1. The zero-order valence-corrected chi connectivity index (χ0v) is 17.5. The summed E-state index contributed by atoms with van der Waals surface area (Å²) < 4.78 is 65.6. The fourth-order valence-corrected chi connectivity index (χ4v) is 4.79. The van der Waals surface area contributed by atoms with Gasteiger partial charge in [-0.05, 0) is 48.4 Å². The standard InChI is InChI=1S/C21H17ClF3NO4S/c22-17-6-8-19-15(12-17)13-18(7-9-20(27)28)26(19)31(29,30)10-2-4-14-3-1-5-16(11-14)21(23,24)25/h1-6,8,11-13H,7,9-10H2,(H,27,28). The Hall–Kier alpha value is -2.78. The first-order valence-corrected chi connectivity index (χ1v) is 11.0. The third kappa shape index (κ3) is 5.48. The van der Waals surface area contributed by atoms with E-state index in [4.69, 9.17) is 16.7 Å². The Morgan fingerprint density at radius 3 is 2.55 bits per heavy atom. The van der Waals surface area contributed by atoms with Gasteiger partial charge in [0.15, 0.2) is 0 Å². The molecule has 1 aromatic heterocycles. The van der Waals surface area contributed by atoms with Gasteiger partial charge in [0.1, 0.15) is 0 Å². The summed E-state index contributed by atoms with van der Waals surface area (Å²) in [5.74, 6) is -1.56. The number of benzene rings is 2. The number of fused-ring (bicyclic) bond motifs is 1. The van der Waals surface area contributed by atoms with E-state index in [1.165, 1.54) is 36.4 Å². The van der Waals surface area contributed by atoms with Crippen LogP contribution in [0.15, 0.2) is 54.6 Å². The molecule has 0 radical (unpaired) electrons. The molecule has 0 aliphatic rings. The van der Waals surface area contributed by atoms with Crippen LogP contribution in [-0.4, -0.2) is 29.2 Å². The second-order valence-electron chi connectivity index (χ2n) is 6.80. The lowest BCUT2D eigenvalue weighted by atomic mass is 10.1. The first-order chi connectivity index (χ1) is 14.5. The molecule has 0 bridgehead atoms. The van der Waals surface area contributed by atoms with Gasteiger partial charge < -0.3 is 5.11 Å². The number of carboxylic acids is 1. The Balaban J connectivity index is 1.93. The molecule has 0 aliphatic carbocycles. The summed E-state index contributed by atoms with van der Waals surface area (Å²) in [6, 6.07) is 10.7. The fourth-order valence-electron chi connectivity index (χ4n) is 3.15. The van der Waals surface area contributed by atoms with Crippen molar-refractivity contribution in [3.05, 3.63) is 76.5 Å². The largest absolute Gasteiger partial charge is 0.481 e. The zero-order valence-electron chi connectivity index (χ0n) is 15.9. The fraction of sp³-hybridized carbons (Fsp3) is 0.190. The molecule has 0 saturated carbocycles. The van der Waals surface area contributed by atoms with Crippen LogP contribution in [0.25, 0.3) is 17.0 Å². The number of nitrogens with zero attached hydrogens (tertiary/aromatic N) is 1. The van der Waals surface area contributed by atoms with Crippen molar-refractivity contribution < 1.29 is 31.5 Å². The Kier molecular flexibility index (Phi) is 6.47. The lowest BCUT2D eigenvalue weighted by Gasteiger charge is -2.10. The van der Waals surface area contributed by atoms with Gasteiger partial charge in [0, 0.05) is 16.1 Å². The van der Waals surface area contributed by atoms with Crippen LogP contribution in [0.3, 0.4) is 0 Å². The highest BCUT2D eigenvalue weighted by Gasteiger charge is 2.30. The summed E-state index contributed by atoms with van der Waals surface area (Å²) >= 11 is 5.97. The second kappa shape index (κ2) is 8.76. The number of hydrogen-bond donors (Lipinski definition) is 1. The number of aryl methyl sites for hydroxylation is 1. The molecular formula is C21H17ClF3NO4S. The average Bonchev–Trinajstić information content (AvgIpc) is 3.04. The molecule has 10 heteroatoms. The molecule has 5 nitrogen and oxygen atoms in total. The maximum absolute atomic E-state index is 13.0. The Labute approximate surface area is 181 Å². The number of rotatable bonds is 7. The maximum atomic E-state index is 13.0. The van der Waals surface area contributed by atoms with Crippen LogP contribution in [0.2, 0.25) is 5.02 Å². The summed E-state index contributed by atoms with van der Waals surface area (Å²) in [5, 5.41) is 9.90. The van der Waals surface area contributed by atoms with Crippen LogP contribution >= 0.6 is 11.6 Å². The van der Waals surface area contributed by atoms with E-state index in [1.54, 1.807) is 12.1 Å². The van der Waals surface area contributed by atoms with Crippen molar-refractivity contribution in [2.24, 2.45) is 0 Å². The van der Waals surface area contributed by atoms with Gasteiger partial charge in [-0.15, -0.1) is 0 Å². The smallest absolute Gasteiger partial charge is 0.416 e. The van der Waals surface area contributed by atoms with Crippen molar-refractivity contribution in [1.29, 1.82) is 0 Å². The molecule has 3 rings (SSSR count). The van der Waals surface area contributed by atoms with E-state index < -0.39 is 33.5 Å². The molecule has 0 aliphatic heterocycles. The number of alkyl halides is 3. The molecule has 3 aromatic rings. The summed E-state index contributed by atoms with van der Waals surface area (Å²) in [7, 11) is -3.97. The molecule has 31 heavy (non-hydrogen) atoms. The predicted octanol–water partition coefficient (Wildman–Crippen LogP) is 5.22. The summed E-state index contributed by atoms with van der Waals surface area (Å²) in [6.45, 7) is 0. The zero-order chi connectivity index (χ0) is 22.8. The number of carboxylic acid groups (broad SMARTS) is 1. The molecule has 0 spiro atoms. The predicted molar refractivity (Wildman–Crippen MR) is 113 cm³/mol. The van der Waals surface area contributed by atoms with Crippen molar-refractivity contribution in [1.82, 2.24) is 3.97 Å². The third-order valence-electron chi connectivity index (χ3n) is 4.50. The van der Waals surface area contributed by atoms with Crippen molar-refractivity contribution >= 4 is 44.6 Å². The summed E-state index contributed by atoms with van der Waals surface area (Å²) in [5.41, 5.74) is 0.00594. The molecule has 0 unspecified atom stereocenters. The molecule has 0 atom stereocenters. The van der Waals surface area contributed by atoms with Gasteiger partial charge in [-0.1, -0.05) is 35.9 Å². The highest BCUT2D eigenvalue weighted by molar-refractivity contribution is 7.90. The minimum atomic E-state index is -4.50. The minimum absolute atomic E-state index is 0.0157. The monoisotopic (exact) mass is 471 g/mol. The quantitative estimate of drug-likeness (QED) is 0.512. The van der Waals surface area contributed by atoms with Crippen LogP contribution in [0, 0.1) is 0 Å². The molecule has 0 saturated heterocycles. The highest BCUT2D eigenvalue weighted by Crippen LogP contribution is 2.30. The van der Waals surface area contributed by atoms with E-state index in [0.29, 0.717) is 15.9 Å². The Morgan fingerprint density at radius 2 is 1.87 bits per heavy atom. The highest BCUT2D eigenvalue weighted by atomic mass is 35.5. The van der Waals surface area contributed by atoms with Crippen molar-refractivity contribution in [3.63, 3.8) is 0 Å². The molecule has 1 heterocycles. The minimum Gasteiger partial charge on any atom is -0.481 e. The number of hydrogen-bond acceptors (Lipinski definition) is 3. The number of halogens is 4. The average molecular weight is 472 g/mol. The molecule has 1 N–H and O–H groups in total. The lowest BCUT2D eigenvalue weighted by molar-refractivity contribution is -0.138. The van der Waals surface area contributed by atoms with Gasteiger partial charge in [-0.3, -0.25) is 4.79 Å². The number of aliphatic carboxylic acids is 1. The van der Waals surface area contributed by atoms with Gasteiger partial charge in [-0.25, -0.2) is 12.4 Å². The van der Waals surface area contributed by atoms with E-state index in [-0.39, 0.29) is 24.1 Å². The van der Waals surface area contributed by atoms with Crippen molar-refractivity contribution in [2.75, 3.05) is 5.75 Å². The first kappa shape index (κ1) is 22.9. The van der Waals surface area contributed by atoms with E-state index in [2.05, 4.69) is 0 Å². The van der Waals surface area contributed by atoms with Crippen LogP contribution in [-0.2, 0) is 27.4 Å². The van der Waals surface area contributed by atoms with E-state index in [9.17, 15) is 26.4 Å². The van der Waals surface area contributed by atoms with Gasteiger partial charge in [0.05, 0.1) is 23.3 Å². The van der Waals surface area contributed by atoms with Crippen molar-refractivity contribution in [2.45, 2.75) is 19.0 Å². The molecule has 164 valence electrons. The van der Waals surface area contributed by atoms with Crippen molar-refractivity contribution in [3.8, 4) is 0 Å². The molecule has 0 amide bonds. The Morgan fingerprint density at radius 1 is 1.13 bits per heavy atom. The Bertz CT molecular complexity index is 1260. The van der Waals surface area contributed by atoms with Gasteiger partial charge in [-0.2, -0.15) is 13.2 Å². The second-order valence-corrected chi connectivity index (χ2v) is 9.10. The molecule has 2 aromatic carbocycles. The summed E-state index contributed by atoms with van der Waals surface area (Å²) in [6.07, 6.45) is -2.22. The SMILES string of the molecule is O=C(O)CCc1cc2cc(Cl)ccc2n1S(=O)(=O)CC=Cc1cccc(C(F)(F)F)c1. The maximum Gasteiger partial charge on any atom is 0.416 e. The van der Waals surface area contributed by atoms with Crippen LogP contribution in [0.5, 0.6) is 0 Å². The number of aromatic nitrogens is 1. The lowest BCUT2D eigenvalue weighted by Crippen LogP contribution is -2.18. The van der Waals surface area contributed by atoms with E-state index in [0.717, 1.165) is 16.1 Å². The van der Waals surface area contributed by atoms with Crippen LogP contribution in [0.1, 0.15) is 23.2 Å². The molecular weight excluding hydrogens is 455 g/mol.